The lowest BCUT2D eigenvalue weighted by atomic mass is 9.91. The number of nitrogens with zero attached hydrogens (tertiary/aromatic N) is 1. The first kappa shape index (κ1) is 14.3. The Balaban J connectivity index is 2.08. The molecule has 0 aliphatic carbocycles. The highest BCUT2D eigenvalue weighted by molar-refractivity contribution is 6.31. The quantitative estimate of drug-likeness (QED) is 0.813. The molecule has 1 fully saturated rings. The lowest BCUT2D eigenvalue weighted by molar-refractivity contribution is -0.133. The van der Waals surface area contributed by atoms with E-state index in [0.29, 0.717) is 22.4 Å². The molecule has 0 radical (unpaired) electrons. The number of hydrogen-bond acceptors (Lipinski definition) is 1. The maximum absolute atomic E-state index is 13.7. The Morgan fingerprint density at radius 2 is 2.00 bits per heavy atom. The highest BCUT2D eigenvalue weighted by Gasteiger charge is 2.26. The summed E-state index contributed by atoms with van der Waals surface area (Å²) in [6.07, 6.45) is 1.19. The number of carbonyl (C=O) groups is 1. The lowest BCUT2D eigenvalue weighted by Gasteiger charge is -2.35. The molecule has 0 aromatic heterocycles. The fourth-order valence-electron chi connectivity index (χ4n) is 2.83. The molecule has 2 nitrogen and oxygen atoms in total. The third-order valence-corrected chi connectivity index (χ3v) is 3.97. The van der Waals surface area contributed by atoms with Crippen LogP contribution in [0, 0.1) is 17.7 Å². The summed E-state index contributed by atoms with van der Waals surface area (Å²) in [5, 5.41) is 0.325. The minimum Gasteiger partial charge on any atom is -0.342 e. The van der Waals surface area contributed by atoms with Gasteiger partial charge in [0.1, 0.15) is 5.82 Å². The predicted octanol–water partition coefficient (Wildman–Crippen LogP) is 3.53. The van der Waals surface area contributed by atoms with Crippen molar-refractivity contribution in [2.45, 2.75) is 26.7 Å². The van der Waals surface area contributed by atoms with Gasteiger partial charge in [-0.1, -0.05) is 31.5 Å². The van der Waals surface area contributed by atoms with Gasteiger partial charge in [-0.05, 0) is 30.4 Å². The Morgan fingerprint density at radius 3 is 2.58 bits per heavy atom. The maximum atomic E-state index is 13.7. The van der Waals surface area contributed by atoms with E-state index in [2.05, 4.69) is 13.8 Å². The molecule has 4 heteroatoms. The Morgan fingerprint density at radius 1 is 1.37 bits per heavy atom. The van der Waals surface area contributed by atoms with Crippen LogP contribution in [0.25, 0.3) is 0 Å². The van der Waals surface area contributed by atoms with Crippen LogP contribution in [0.2, 0.25) is 5.02 Å². The normalized spacial score (nSPS) is 23.5. The van der Waals surface area contributed by atoms with Gasteiger partial charge in [0.2, 0.25) is 5.91 Å². The fourth-order valence-corrected chi connectivity index (χ4v) is 3.06. The van der Waals surface area contributed by atoms with Crippen LogP contribution in [0.4, 0.5) is 4.39 Å². The van der Waals surface area contributed by atoms with Crippen molar-refractivity contribution in [3.05, 3.63) is 34.6 Å². The molecule has 1 aromatic rings. The molecule has 1 saturated heterocycles. The third-order valence-electron chi connectivity index (χ3n) is 3.61. The van der Waals surface area contributed by atoms with E-state index in [-0.39, 0.29) is 12.3 Å². The molecule has 1 aliphatic heterocycles. The van der Waals surface area contributed by atoms with Crippen molar-refractivity contribution >= 4 is 17.5 Å². The molecule has 104 valence electrons. The molecule has 2 atom stereocenters. The molecule has 0 spiro atoms. The largest absolute Gasteiger partial charge is 0.342 e. The highest BCUT2D eigenvalue weighted by atomic mass is 35.5. The summed E-state index contributed by atoms with van der Waals surface area (Å²) in [4.78, 5) is 14.1. The average molecular weight is 284 g/mol. The van der Waals surface area contributed by atoms with Crippen molar-refractivity contribution in [1.29, 1.82) is 0 Å². The molecule has 19 heavy (non-hydrogen) atoms. The topological polar surface area (TPSA) is 20.3 Å². The zero-order valence-electron chi connectivity index (χ0n) is 11.3. The number of likely N-dealkylation sites (tertiary alicyclic amines) is 1. The van der Waals surface area contributed by atoms with Crippen molar-refractivity contribution < 1.29 is 9.18 Å². The number of halogens is 2. The number of rotatable bonds is 2. The number of piperidine rings is 1. The Hall–Kier alpha value is -1.09. The molecule has 1 aromatic carbocycles. The lowest BCUT2D eigenvalue weighted by Crippen LogP contribution is -2.43. The summed E-state index contributed by atoms with van der Waals surface area (Å²) in [5.74, 6) is 0.567. The SMILES string of the molecule is C[C@H]1C[C@H](C)CN(C(=O)Cc2c(F)cccc2Cl)C1. The monoisotopic (exact) mass is 283 g/mol. The van der Waals surface area contributed by atoms with Crippen LogP contribution in [0.5, 0.6) is 0 Å². The van der Waals surface area contributed by atoms with E-state index in [0.717, 1.165) is 19.5 Å². The number of carbonyl (C=O) groups excluding carboxylic acids is 1. The summed E-state index contributed by atoms with van der Waals surface area (Å²) in [6.45, 7) is 5.81. The van der Waals surface area contributed by atoms with Gasteiger partial charge >= 0.3 is 0 Å². The van der Waals surface area contributed by atoms with Crippen molar-refractivity contribution in [3.63, 3.8) is 0 Å². The van der Waals surface area contributed by atoms with Gasteiger partial charge in [0.25, 0.3) is 0 Å². The van der Waals surface area contributed by atoms with Crippen LogP contribution in [0.15, 0.2) is 18.2 Å². The minimum atomic E-state index is -0.404. The summed E-state index contributed by atoms with van der Waals surface area (Å²) < 4.78 is 13.7. The van der Waals surface area contributed by atoms with Crippen LogP contribution in [0.3, 0.4) is 0 Å². The van der Waals surface area contributed by atoms with Crippen LogP contribution >= 0.6 is 11.6 Å². The van der Waals surface area contributed by atoms with E-state index >= 15 is 0 Å². The van der Waals surface area contributed by atoms with Gasteiger partial charge in [0.05, 0.1) is 6.42 Å². The fraction of sp³-hybridized carbons (Fsp3) is 0.533. The van der Waals surface area contributed by atoms with Crippen molar-refractivity contribution in [1.82, 2.24) is 4.90 Å². The molecular weight excluding hydrogens is 265 g/mol. The van der Waals surface area contributed by atoms with Gasteiger partial charge in [-0.3, -0.25) is 4.79 Å². The second kappa shape index (κ2) is 5.91. The second-order valence-electron chi connectivity index (χ2n) is 5.62. The predicted molar refractivity (Wildman–Crippen MR) is 74.6 cm³/mol. The highest BCUT2D eigenvalue weighted by Crippen LogP contribution is 2.24. The van der Waals surface area contributed by atoms with E-state index in [1.165, 1.54) is 6.07 Å². The van der Waals surface area contributed by atoms with Crippen LogP contribution in [-0.4, -0.2) is 23.9 Å². The molecule has 1 heterocycles. The van der Waals surface area contributed by atoms with Gasteiger partial charge < -0.3 is 4.90 Å². The van der Waals surface area contributed by atoms with Crippen molar-refractivity contribution in [2.24, 2.45) is 11.8 Å². The van der Waals surface area contributed by atoms with Gasteiger partial charge in [-0.15, -0.1) is 0 Å². The summed E-state index contributed by atoms with van der Waals surface area (Å²) in [7, 11) is 0. The van der Waals surface area contributed by atoms with E-state index in [9.17, 15) is 9.18 Å². The molecule has 1 amide bonds. The van der Waals surface area contributed by atoms with Gasteiger partial charge in [-0.2, -0.15) is 0 Å². The number of hydrogen-bond donors (Lipinski definition) is 0. The number of benzene rings is 1. The van der Waals surface area contributed by atoms with Crippen molar-refractivity contribution in [3.8, 4) is 0 Å². The maximum Gasteiger partial charge on any atom is 0.227 e. The summed E-state index contributed by atoms with van der Waals surface area (Å²) >= 11 is 5.96. The van der Waals surface area contributed by atoms with Crippen LogP contribution in [0.1, 0.15) is 25.8 Å². The van der Waals surface area contributed by atoms with E-state index in [4.69, 9.17) is 11.6 Å². The van der Waals surface area contributed by atoms with Crippen molar-refractivity contribution in [2.75, 3.05) is 13.1 Å². The molecule has 0 N–H and O–H groups in total. The molecule has 0 bridgehead atoms. The zero-order chi connectivity index (χ0) is 14.0. The summed E-state index contributed by atoms with van der Waals surface area (Å²) in [6, 6.07) is 4.52. The van der Waals surface area contributed by atoms with E-state index in [1.54, 1.807) is 12.1 Å². The van der Waals surface area contributed by atoms with Gasteiger partial charge in [0, 0.05) is 23.7 Å². The smallest absolute Gasteiger partial charge is 0.227 e. The Labute approximate surface area is 118 Å². The van der Waals surface area contributed by atoms with Crippen LogP contribution in [-0.2, 0) is 11.2 Å². The van der Waals surface area contributed by atoms with Gasteiger partial charge in [0.15, 0.2) is 0 Å². The first-order valence-electron chi connectivity index (χ1n) is 6.68. The second-order valence-corrected chi connectivity index (χ2v) is 6.03. The minimum absolute atomic E-state index is 0.0367. The third kappa shape index (κ3) is 3.47. The average Bonchev–Trinajstić information content (AvgIpc) is 2.32. The molecule has 0 unspecified atom stereocenters. The molecule has 0 saturated carbocycles. The number of amides is 1. The van der Waals surface area contributed by atoms with Crippen LogP contribution < -0.4 is 0 Å². The first-order valence-corrected chi connectivity index (χ1v) is 7.05. The molecule has 1 aliphatic rings. The Kier molecular flexibility index (Phi) is 4.46. The summed E-state index contributed by atoms with van der Waals surface area (Å²) in [5.41, 5.74) is 0.306. The standard InChI is InChI=1S/C15H19ClFNO/c1-10-6-11(2)9-18(8-10)15(19)7-12-13(16)4-3-5-14(12)17/h3-5,10-11H,6-9H2,1-2H3/t10-,11-/m0/s1. The zero-order valence-corrected chi connectivity index (χ0v) is 12.1. The van der Waals surface area contributed by atoms with Gasteiger partial charge in [-0.25, -0.2) is 4.39 Å². The first-order chi connectivity index (χ1) is 8.97. The molecular formula is C15H19ClFNO. The molecule has 2 rings (SSSR count). The van der Waals surface area contributed by atoms with E-state index < -0.39 is 5.82 Å². The van der Waals surface area contributed by atoms with E-state index in [1.807, 2.05) is 4.90 Å². The Bertz CT molecular complexity index is 447.